The van der Waals surface area contributed by atoms with Crippen LogP contribution in [0.1, 0.15) is 0 Å². The fourth-order valence-corrected chi connectivity index (χ4v) is 11.6. The molecule has 0 spiro atoms. The van der Waals surface area contributed by atoms with Crippen molar-refractivity contribution in [2.24, 2.45) is 0 Å². The fourth-order valence-electron chi connectivity index (χ4n) is 11.6. The van der Waals surface area contributed by atoms with Gasteiger partial charge in [0.25, 0.3) is 0 Å². The number of fused-ring (bicyclic) bond motifs is 8. The fraction of sp³-hybridized carbons (Fsp3) is 0.0303. The maximum absolute atomic E-state index is 2.46. The van der Waals surface area contributed by atoms with E-state index in [0.717, 1.165) is 34.1 Å². The third-order valence-electron chi connectivity index (χ3n) is 14.8. The van der Waals surface area contributed by atoms with Crippen molar-refractivity contribution in [3.05, 3.63) is 243 Å². The molecule has 4 nitrogen and oxygen atoms in total. The van der Waals surface area contributed by atoms with Crippen LogP contribution in [-0.4, -0.2) is 14.1 Å². The van der Waals surface area contributed by atoms with E-state index in [-0.39, 0.29) is 0 Å². The zero-order valence-corrected chi connectivity index (χ0v) is 38.9. The molecule has 12 aromatic carbocycles. The standard InChI is InChI=1S/C66H46N4/c1-67-57-25-7-11-29-61(57)69(62-30-12-8-26-58(62)67)49-36-38-54-55(41-49)65(48-22-15-21-46(40-48)47-34-33-43-17-3-4-19-45(43)39-47)53-37-35-50(42-56(53)66(54)52-24-16-20-44-18-5-6-23-51(44)52)70-63-31-13-9-27-59(63)68(2)60-28-10-14-32-64(60)70/h3-42H,1-2H3. The minimum Gasteiger partial charge on any atom is -0.341 e. The molecule has 4 heteroatoms. The average molecular weight is 895 g/mol. The van der Waals surface area contributed by atoms with Crippen molar-refractivity contribution >= 4 is 100.0 Å². The van der Waals surface area contributed by atoms with E-state index < -0.39 is 0 Å². The van der Waals surface area contributed by atoms with Crippen LogP contribution in [-0.2, 0) is 0 Å². The first-order valence-electron chi connectivity index (χ1n) is 24.1. The Labute approximate surface area is 407 Å². The Balaban J connectivity index is 1.10. The molecular weight excluding hydrogens is 849 g/mol. The molecule has 2 aliphatic rings. The third-order valence-corrected chi connectivity index (χ3v) is 14.8. The highest BCUT2D eigenvalue weighted by molar-refractivity contribution is 6.25. The van der Waals surface area contributed by atoms with Gasteiger partial charge in [0.15, 0.2) is 0 Å². The van der Waals surface area contributed by atoms with Crippen molar-refractivity contribution in [2.45, 2.75) is 0 Å². The van der Waals surface area contributed by atoms with Crippen molar-refractivity contribution < 1.29 is 0 Å². The van der Waals surface area contributed by atoms with Crippen LogP contribution in [0.25, 0.3) is 76.5 Å². The van der Waals surface area contributed by atoms with Crippen LogP contribution in [0.4, 0.5) is 56.9 Å². The molecule has 2 heterocycles. The summed E-state index contributed by atoms with van der Waals surface area (Å²) < 4.78 is 0. The van der Waals surface area contributed by atoms with Gasteiger partial charge in [-0.05, 0) is 161 Å². The molecule has 0 aromatic heterocycles. The molecule has 0 unspecified atom stereocenters. The van der Waals surface area contributed by atoms with Gasteiger partial charge in [0.05, 0.1) is 45.5 Å². The Morgan fingerprint density at radius 3 is 1.26 bits per heavy atom. The lowest BCUT2D eigenvalue weighted by Crippen LogP contribution is -2.24. The van der Waals surface area contributed by atoms with E-state index in [1.807, 2.05) is 0 Å². The molecule has 0 saturated carbocycles. The first kappa shape index (κ1) is 40.0. The van der Waals surface area contributed by atoms with E-state index in [4.69, 9.17) is 0 Å². The molecule has 0 atom stereocenters. The van der Waals surface area contributed by atoms with Gasteiger partial charge in [-0.25, -0.2) is 0 Å². The largest absolute Gasteiger partial charge is 0.341 e. The number of benzene rings is 12. The van der Waals surface area contributed by atoms with Gasteiger partial charge in [0.1, 0.15) is 0 Å². The van der Waals surface area contributed by atoms with E-state index in [1.165, 1.54) is 99.2 Å². The predicted molar refractivity (Wildman–Crippen MR) is 298 cm³/mol. The minimum absolute atomic E-state index is 1.11. The van der Waals surface area contributed by atoms with Gasteiger partial charge in [0.2, 0.25) is 0 Å². The van der Waals surface area contributed by atoms with Crippen molar-refractivity contribution in [3.63, 3.8) is 0 Å². The lowest BCUT2D eigenvalue weighted by Gasteiger charge is -2.39. The number of para-hydroxylation sites is 8. The first-order valence-corrected chi connectivity index (χ1v) is 24.1. The Hall–Kier alpha value is -9.12. The summed E-state index contributed by atoms with van der Waals surface area (Å²) in [6.45, 7) is 0. The van der Waals surface area contributed by atoms with Gasteiger partial charge >= 0.3 is 0 Å². The van der Waals surface area contributed by atoms with Crippen LogP contribution >= 0.6 is 0 Å². The Kier molecular flexibility index (Phi) is 8.99. The van der Waals surface area contributed by atoms with Crippen LogP contribution in [0.3, 0.4) is 0 Å². The van der Waals surface area contributed by atoms with Crippen LogP contribution in [0.15, 0.2) is 243 Å². The zero-order valence-electron chi connectivity index (χ0n) is 38.9. The molecule has 0 bridgehead atoms. The predicted octanol–water partition coefficient (Wildman–Crippen LogP) is 18.4. The zero-order chi connectivity index (χ0) is 46.5. The SMILES string of the molecule is CN1c2ccccc2N(c2ccc3c(-c4cccc5ccccc45)c4cc(N5c6ccccc6N(C)c6ccccc65)ccc4c(-c4cccc(-c5ccc6ccccc6c5)c4)c3c2)c2ccccc21. The second kappa shape index (κ2) is 15.7. The van der Waals surface area contributed by atoms with Crippen molar-refractivity contribution in [3.8, 4) is 33.4 Å². The van der Waals surface area contributed by atoms with Crippen LogP contribution in [0.5, 0.6) is 0 Å². The smallest absolute Gasteiger partial charge is 0.0699 e. The molecule has 0 amide bonds. The summed E-state index contributed by atoms with van der Waals surface area (Å²) in [6, 6.07) is 89.7. The summed E-state index contributed by atoms with van der Waals surface area (Å²) in [5, 5.41) is 9.71. The number of hydrogen-bond acceptors (Lipinski definition) is 4. The highest BCUT2D eigenvalue weighted by atomic mass is 15.3. The summed E-state index contributed by atoms with van der Waals surface area (Å²) in [5.74, 6) is 0. The first-order chi connectivity index (χ1) is 34.6. The molecule has 70 heavy (non-hydrogen) atoms. The van der Waals surface area contributed by atoms with Crippen LogP contribution in [0, 0.1) is 0 Å². The van der Waals surface area contributed by atoms with E-state index in [9.17, 15) is 0 Å². The Morgan fingerprint density at radius 2 is 0.671 bits per heavy atom. The van der Waals surface area contributed by atoms with E-state index in [2.05, 4.69) is 276 Å². The number of rotatable bonds is 5. The molecule has 0 N–H and O–H groups in total. The topological polar surface area (TPSA) is 13.0 Å². The summed E-state index contributed by atoms with van der Waals surface area (Å²) in [4.78, 5) is 9.53. The Bertz CT molecular complexity index is 4000. The number of hydrogen-bond donors (Lipinski definition) is 0. The molecule has 2 aliphatic heterocycles. The summed E-state index contributed by atoms with van der Waals surface area (Å²) in [7, 11) is 4.35. The monoisotopic (exact) mass is 894 g/mol. The molecule has 330 valence electrons. The van der Waals surface area contributed by atoms with Crippen LogP contribution < -0.4 is 19.6 Å². The Morgan fingerprint density at radius 1 is 0.243 bits per heavy atom. The maximum Gasteiger partial charge on any atom is 0.0699 e. The van der Waals surface area contributed by atoms with Gasteiger partial charge < -0.3 is 19.6 Å². The second-order valence-electron chi connectivity index (χ2n) is 18.6. The quantitative estimate of drug-likeness (QED) is 0.160. The van der Waals surface area contributed by atoms with Gasteiger partial charge in [-0.3, -0.25) is 0 Å². The number of nitrogens with zero attached hydrogens (tertiary/aromatic N) is 4. The van der Waals surface area contributed by atoms with Gasteiger partial charge in [-0.15, -0.1) is 0 Å². The van der Waals surface area contributed by atoms with E-state index >= 15 is 0 Å². The lowest BCUT2D eigenvalue weighted by molar-refractivity contribution is 1.13. The maximum atomic E-state index is 2.46. The lowest BCUT2D eigenvalue weighted by atomic mass is 9.83. The highest BCUT2D eigenvalue weighted by Gasteiger charge is 2.30. The molecular formula is C66H46N4. The molecule has 14 rings (SSSR count). The van der Waals surface area contributed by atoms with E-state index in [0.29, 0.717) is 0 Å². The third kappa shape index (κ3) is 6.10. The second-order valence-corrected chi connectivity index (χ2v) is 18.6. The van der Waals surface area contributed by atoms with E-state index in [1.54, 1.807) is 0 Å². The molecule has 0 fully saturated rings. The summed E-state index contributed by atoms with van der Waals surface area (Å²) >= 11 is 0. The molecule has 0 saturated heterocycles. The van der Waals surface area contributed by atoms with Gasteiger partial charge in [-0.2, -0.15) is 0 Å². The van der Waals surface area contributed by atoms with Crippen molar-refractivity contribution in [1.29, 1.82) is 0 Å². The minimum atomic E-state index is 1.11. The van der Waals surface area contributed by atoms with Crippen molar-refractivity contribution in [2.75, 3.05) is 33.7 Å². The average Bonchev–Trinajstić information content (AvgIpc) is 3.42. The molecule has 0 aliphatic carbocycles. The van der Waals surface area contributed by atoms with Gasteiger partial charge in [0, 0.05) is 25.5 Å². The summed E-state index contributed by atoms with van der Waals surface area (Å²) in [5.41, 5.74) is 18.7. The normalized spacial score (nSPS) is 12.9. The highest BCUT2D eigenvalue weighted by Crippen LogP contribution is 2.55. The summed E-state index contributed by atoms with van der Waals surface area (Å²) in [6.07, 6.45) is 0. The van der Waals surface area contributed by atoms with Crippen molar-refractivity contribution in [1.82, 2.24) is 0 Å². The van der Waals surface area contributed by atoms with Crippen LogP contribution in [0.2, 0.25) is 0 Å². The van der Waals surface area contributed by atoms with Gasteiger partial charge in [-0.1, -0.05) is 158 Å². The number of anilines is 10. The molecule has 12 aromatic rings. The molecule has 0 radical (unpaired) electrons.